The molecule has 1 heterocycles. The Morgan fingerprint density at radius 3 is 2.67 bits per heavy atom. The fourth-order valence-corrected chi connectivity index (χ4v) is 4.95. The molecule has 1 amide bonds. The van der Waals surface area contributed by atoms with Gasteiger partial charge >= 0.3 is 6.09 Å². The molecule has 0 spiro atoms. The Kier molecular flexibility index (Phi) is 11.3. The van der Waals surface area contributed by atoms with Crippen LogP contribution in [0.1, 0.15) is 76.8 Å². The van der Waals surface area contributed by atoms with Crippen LogP contribution in [0, 0.1) is 6.92 Å². The van der Waals surface area contributed by atoms with E-state index in [-0.39, 0.29) is 24.4 Å². The molecule has 188 valence electrons. The zero-order valence-corrected chi connectivity index (χ0v) is 21.8. The smallest absolute Gasteiger partial charge is 0.404 e. The van der Waals surface area contributed by atoms with Crippen LogP contribution in [0.25, 0.3) is 0 Å². The van der Waals surface area contributed by atoms with Gasteiger partial charge in [0, 0.05) is 23.7 Å². The Bertz CT molecular complexity index is 743. The maximum atomic E-state index is 11.2. The normalized spacial score (nSPS) is 19.1. The predicted molar refractivity (Wildman–Crippen MR) is 136 cm³/mol. The van der Waals surface area contributed by atoms with Gasteiger partial charge in [-0.1, -0.05) is 19.1 Å². The molecule has 1 aromatic rings. The van der Waals surface area contributed by atoms with E-state index in [1.807, 2.05) is 0 Å². The SMILES string of the molecule is Cc1ccc2c(c1)N(CCC(COC(N)=O)OCCOC(C)CCCCCl)C(C)(C)CC2C. The van der Waals surface area contributed by atoms with Gasteiger partial charge in [-0.05, 0) is 82.9 Å². The van der Waals surface area contributed by atoms with E-state index in [2.05, 4.69) is 57.7 Å². The summed E-state index contributed by atoms with van der Waals surface area (Å²) >= 11 is 5.74. The van der Waals surface area contributed by atoms with Crippen LogP contribution >= 0.6 is 11.6 Å². The largest absolute Gasteiger partial charge is 0.447 e. The van der Waals surface area contributed by atoms with E-state index in [1.165, 1.54) is 16.8 Å². The van der Waals surface area contributed by atoms with E-state index in [9.17, 15) is 4.79 Å². The Labute approximate surface area is 205 Å². The van der Waals surface area contributed by atoms with Crippen molar-refractivity contribution in [1.82, 2.24) is 0 Å². The number of nitrogens with two attached hydrogens (primary N) is 1. The van der Waals surface area contributed by atoms with Crippen LogP contribution in [0.5, 0.6) is 0 Å². The van der Waals surface area contributed by atoms with Crippen LogP contribution in [-0.4, -0.2) is 56.1 Å². The van der Waals surface area contributed by atoms with Gasteiger partial charge < -0.3 is 24.8 Å². The van der Waals surface area contributed by atoms with Crippen molar-refractivity contribution in [2.24, 2.45) is 5.73 Å². The lowest BCUT2D eigenvalue weighted by Crippen LogP contribution is -2.49. The van der Waals surface area contributed by atoms with Crippen molar-refractivity contribution in [3.63, 3.8) is 0 Å². The number of fused-ring (bicyclic) bond motifs is 1. The molecule has 1 aromatic carbocycles. The number of aryl methyl sites for hydroxylation is 1. The number of alkyl halides is 1. The van der Waals surface area contributed by atoms with E-state index in [1.54, 1.807) is 0 Å². The van der Waals surface area contributed by atoms with Crippen LogP contribution in [0.4, 0.5) is 10.5 Å². The second-order valence-electron chi connectivity index (χ2n) is 9.91. The Balaban J connectivity index is 1.95. The summed E-state index contributed by atoms with van der Waals surface area (Å²) in [7, 11) is 0. The van der Waals surface area contributed by atoms with Gasteiger partial charge in [-0.15, -0.1) is 11.6 Å². The summed E-state index contributed by atoms with van der Waals surface area (Å²) in [5.41, 5.74) is 9.17. The third kappa shape index (κ3) is 8.99. The average Bonchev–Trinajstić information content (AvgIpc) is 2.73. The fraction of sp³-hybridized carbons (Fsp3) is 0.731. The summed E-state index contributed by atoms with van der Waals surface area (Å²) in [5.74, 6) is 1.20. The highest BCUT2D eigenvalue weighted by Gasteiger charge is 2.36. The van der Waals surface area contributed by atoms with E-state index >= 15 is 0 Å². The van der Waals surface area contributed by atoms with Gasteiger partial charge in [-0.2, -0.15) is 0 Å². The third-order valence-electron chi connectivity index (χ3n) is 6.46. The number of benzene rings is 1. The molecule has 6 nitrogen and oxygen atoms in total. The average molecular weight is 483 g/mol. The van der Waals surface area contributed by atoms with Gasteiger partial charge in [0.15, 0.2) is 0 Å². The van der Waals surface area contributed by atoms with E-state index in [4.69, 9.17) is 31.5 Å². The lowest BCUT2D eigenvalue weighted by molar-refractivity contribution is -0.0396. The van der Waals surface area contributed by atoms with Gasteiger partial charge in [-0.3, -0.25) is 0 Å². The first-order valence-corrected chi connectivity index (χ1v) is 12.8. The molecule has 2 rings (SSSR count). The highest BCUT2D eigenvalue weighted by atomic mass is 35.5. The Morgan fingerprint density at radius 2 is 1.97 bits per heavy atom. The number of unbranched alkanes of at least 4 members (excludes halogenated alkanes) is 1. The minimum absolute atomic E-state index is 0.0247. The maximum Gasteiger partial charge on any atom is 0.404 e. The summed E-state index contributed by atoms with van der Waals surface area (Å²) in [6.07, 6.45) is 4.02. The number of nitrogens with zero attached hydrogens (tertiary/aromatic N) is 1. The molecular weight excluding hydrogens is 440 g/mol. The molecule has 7 heteroatoms. The quantitative estimate of drug-likeness (QED) is 0.269. The second-order valence-corrected chi connectivity index (χ2v) is 10.3. The lowest BCUT2D eigenvalue weighted by Gasteiger charge is -2.48. The lowest BCUT2D eigenvalue weighted by atomic mass is 9.79. The molecule has 3 atom stereocenters. The zero-order valence-electron chi connectivity index (χ0n) is 21.1. The van der Waals surface area contributed by atoms with Crippen molar-refractivity contribution in [3.05, 3.63) is 29.3 Å². The third-order valence-corrected chi connectivity index (χ3v) is 6.73. The van der Waals surface area contributed by atoms with Crippen LogP contribution in [0.15, 0.2) is 18.2 Å². The first kappa shape index (κ1) is 27.7. The number of hydrogen-bond acceptors (Lipinski definition) is 5. The van der Waals surface area contributed by atoms with Gasteiger partial charge in [0.2, 0.25) is 0 Å². The van der Waals surface area contributed by atoms with Gasteiger partial charge in [-0.25, -0.2) is 4.79 Å². The Morgan fingerprint density at radius 1 is 1.24 bits per heavy atom. The molecule has 3 unspecified atom stereocenters. The molecule has 0 radical (unpaired) electrons. The van der Waals surface area contributed by atoms with Crippen molar-refractivity contribution in [2.75, 3.05) is 37.1 Å². The van der Waals surface area contributed by atoms with Crippen molar-refractivity contribution in [2.45, 2.75) is 90.4 Å². The van der Waals surface area contributed by atoms with Crippen molar-refractivity contribution in [1.29, 1.82) is 0 Å². The van der Waals surface area contributed by atoms with Gasteiger partial charge in [0.05, 0.1) is 25.4 Å². The Hall–Kier alpha value is -1.50. The van der Waals surface area contributed by atoms with E-state index < -0.39 is 6.09 Å². The molecule has 33 heavy (non-hydrogen) atoms. The van der Waals surface area contributed by atoms with Gasteiger partial charge in [0.1, 0.15) is 6.61 Å². The first-order valence-electron chi connectivity index (χ1n) is 12.2. The topological polar surface area (TPSA) is 74.0 Å². The minimum Gasteiger partial charge on any atom is -0.447 e. The van der Waals surface area contributed by atoms with Crippen molar-refractivity contribution >= 4 is 23.4 Å². The van der Waals surface area contributed by atoms with E-state index in [0.717, 1.165) is 38.6 Å². The number of carbonyl (C=O) groups is 1. The number of carbonyl (C=O) groups excluding carboxylic acids is 1. The molecule has 0 bridgehead atoms. The summed E-state index contributed by atoms with van der Waals surface area (Å²) in [5, 5.41) is 0. The number of hydrogen-bond donors (Lipinski definition) is 1. The number of rotatable bonds is 14. The number of anilines is 1. The molecule has 0 aromatic heterocycles. The van der Waals surface area contributed by atoms with Crippen LogP contribution in [0.3, 0.4) is 0 Å². The summed E-state index contributed by atoms with van der Waals surface area (Å²) < 4.78 is 17.0. The fourth-order valence-electron chi connectivity index (χ4n) is 4.76. The number of primary amides is 1. The van der Waals surface area contributed by atoms with Crippen molar-refractivity contribution in [3.8, 4) is 0 Å². The molecule has 1 aliphatic heterocycles. The predicted octanol–water partition coefficient (Wildman–Crippen LogP) is 5.77. The molecule has 0 aliphatic carbocycles. The highest BCUT2D eigenvalue weighted by molar-refractivity contribution is 6.17. The van der Waals surface area contributed by atoms with Crippen LogP contribution in [-0.2, 0) is 14.2 Å². The van der Waals surface area contributed by atoms with Crippen LogP contribution in [0.2, 0.25) is 0 Å². The second kappa shape index (κ2) is 13.4. The summed E-state index contributed by atoms with van der Waals surface area (Å²) in [6, 6.07) is 6.73. The molecule has 0 saturated heterocycles. The summed E-state index contributed by atoms with van der Waals surface area (Å²) in [4.78, 5) is 13.7. The molecule has 1 aliphatic rings. The monoisotopic (exact) mass is 482 g/mol. The number of halogens is 1. The number of ether oxygens (including phenoxy) is 3. The molecule has 2 N–H and O–H groups in total. The minimum atomic E-state index is -0.777. The number of amides is 1. The standard InChI is InChI=1S/C26H43ClN2O4/c1-19-9-10-23-20(2)17-26(4,5)29(24(23)16-19)13-11-22(18-33-25(28)30)32-15-14-31-21(3)8-6-7-12-27/h9-10,16,20-22H,6-8,11-15,17-18H2,1-5H3,(H2,28,30). The van der Waals surface area contributed by atoms with Crippen molar-refractivity contribution < 1.29 is 19.0 Å². The summed E-state index contributed by atoms with van der Waals surface area (Å²) in [6.45, 7) is 13.0. The van der Waals surface area contributed by atoms with E-state index in [0.29, 0.717) is 25.0 Å². The molecular formula is C26H43ClN2O4. The first-order chi connectivity index (χ1) is 15.6. The van der Waals surface area contributed by atoms with Crippen LogP contribution < -0.4 is 10.6 Å². The van der Waals surface area contributed by atoms with Gasteiger partial charge in [0.25, 0.3) is 0 Å². The zero-order chi connectivity index (χ0) is 24.4. The highest BCUT2D eigenvalue weighted by Crippen LogP contribution is 2.43. The maximum absolute atomic E-state index is 11.2. The molecule has 0 saturated carbocycles. The molecule has 0 fully saturated rings.